The molecule has 2 aromatic rings. The van der Waals surface area contributed by atoms with Gasteiger partial charge in [0.1, 0.15) is 19.2 Å². The van der Waals surface area contributed by atoms with Crippen LogP contribution in [0.3, 0.4) is 0 Å². The van der Waals surface area contributed by atoms with E-state index in [9.17, 15) is 27.6 Å². The SMILES string of the molecule is CC1CC=CC2=C1C(CCCCN1CCC(NC(=O)[C@@H]3CCCN3C(=O)OCc3ccccc3)CC1)(C(=O)NCC(F)(F)F)c1ccccc12. The van der Waals surface area contributed by atoms with Gasteiger partial charge in [-0.2, -0.15) is 13.2 Å². The first-order valence-corrected chi connectivity index (χ1v) is 17.9. The maximum absolute atomic E-state index is 13.9. The molecule has 0 aromatic heterocycles. The molecule has 11 heteroatoms. The third-order valence-corrected chi connectivity index (χ3v) is 10.7. The molecule has 268 valence electrons. The molecule has 0 saturated carbocycles. The second-order valence-electron chi connectivity index (χ2n) is 14.1. The number of carbonyl (C=O) groups is 3. The Morgan fingerprint density at radius 3 is 2.46 bits per heavy atom. The number of hydrogen-bond donors (Lipinski definition) is 2. The summed E-state index contributed by atoms with van der Waals surface area (Å²) in [6.45, 7) is 3.76. The zero-order chi connectivity index (χ0) is 35.3. The molecule has 0 bridgehead atoms. The molecule has 0 radical (unpaired) electrons. The number of halogens is 3. The summed E-state index contributed by atoms with van der Waals surface area (Å²) in [5.41, 5.74) is 3.38. The molecule has 0 spiro atoms. The number of allylic oxidation sites excluding steroid dienone is 3. The smallest absolute Gasteiger partial charge is 0.410 e. The third-order valence-electron chi connectivity index (χ3n) is 10.7. The second-order valence-corrected chi connectivity index (χ2v) is 14.1. The van der Waals surface area contributed by atoms with Crippen LogP contribution in [-0.2, 0) is 26.3 Å². The summed E-state index contributed by atoms with van der Waals surface area (Å²) in [5.74, 6) is -0.676. The number of hydrogen-bond acceptors (Lipinski definition) is 5. The van der Waals surface area contributed by atoms with E-state index in [-0.39, 0.29) is 24.5 Å². The van der Waals surface area contributed by atoms with Gasteiger partial charge in [0.25, 0.3) is 0 Å². The summed E-state index contributed by atoms with van der Waals surface area (Å²) in [7, 11) is 0. The fourth-order valence-corrected chi connectivity index (χ4v) is 8.33. The van der Waals surface area contributed by atoms with Crippen molar-refractivity contribution < 1.29 is 32.3 Å². The molecule has 2 saturated heterocycles. The molecule has 2 aliphatic carbocycles. The fraction of sp³-hybridized carbons (Fsp3) is 0.513. The van der Waals surface area contributed by atoms with E-state index in [2.05, 4.69) is 28.5 Å². The van der Waals surface area contributed by atoms with Crippen LogP contribution in [0.4, 0.5) is 18.0 Å². The van der Waals surface area contributed by atoms with Crippen LogP contribution in [0.15, 0.2) is 72.3 Å². The maximum atomic E-state index is 13.9. The van der Waals surface area contributed by atoms with Crippen LogP contribution < -0.4 is 10.6 Å². The molecule has 4 aliphatic rings. The lowest BCUT2D eigenvalue weighted by molar-refractivity contribution is -0.141. The highest BCUT2D eigenvalue weighted by Gasteiger charge is 2.52. The van der Waals surface area contributed by atoms with Crippen molar-refractivity contribution in [2.24, 2.45) is 5.92 Å². The van der Waals surface area contributed by atoms with Crippen molar-refractivity contribution >= 4 is 23.5 Å². The molecular formula is C39H47F3N4O4. The second kappa shape index (κ2) is 15.4. The number of nitrogens with zero attached hydrogens (tertiary/aromatic N) is 2. The van der Waals surface area contributed by atoms with Crippen LogP contribution in [-0.4, -0.2) is 78.7 Å². The highest BCUT2D eigenvalue weighted by atomic mass is 19.4. The maximum Gasteiger partial charge on any atom is 0.410 e. The van der Waals surface area contributed by atoms with Crippen LogP contribution in [0.25, 0.3) is 5.57 Å². The van der Waals surface area contributed by atoms with Gasteiger partial charge in [-0.15, -0.1) is 0 Å². The van der Waals surface area contributed by atoms with Gasteiger partial charge < -0.3 is 20.3 Å². The molecule has 2 fully saturated rings. The Morgan fingerprint density at radius 2 is 1.70 bits per heavy atom. The Morgan fingerprint density at radius 1 is 0.960 bits per heavy atom. The van der Waals surface area contributed by atoms with Crippen molar-refractivity contribution in [2.75, 3.05) is 32.7 Å². The lowest BCUT2D eigenvalue weighted by atomic mass is 9.67. The van der Waals surface area contributed by atoms with E-state index in [4.69, 9.17) is 4.74 Å². The predicted octanol–water partition coefficient (Wildman–Crippen LogP) is 6.52. The van der Waals surface area contributed by atoms with Crippen molar-refractivity contribution in [3.05, 3.63) is 89.0 Å². The number of amides is 3. The summed E-state index contributed by atoms with van der Waals surface area (Å²) in [5, 5.41) is 5.43. The van der Waals surface area contributed by atoms with Crippen LogP contribution in [0.2, 0.25) is 0 Å². The topological polar surface area (TPSA) is 91.0 Å². The highest BCUT2D eigenvalue weighted by molar-refractivity contribution is 6.02. The number of carbonyl (C=O) groups excluding carboxylic acids is 3. The molecule has 2 aromatic carbocycles. The van der Waals surface area contributed by atoms with Crippen LogP contribution in [0.5, 0.6) is 0 Å². The fourth-order valence-electron chi connectivity index (χ4n) is 8.33. The number of fused-ring (bicyclic) bond motifs is 2. The molecule has 3 amide bonds. The van der Waals surface area contributed by atoms with Gasteiger partial charge in [0.2, 0.25) is 11.8 Å². The first kappa shape index (κ1) is 35.7. The lowest BCUT2D eigenvalue weighted by Gasteiger charge is -2.37. The Kier molecular flexibility index (Phi) is 11.0. The third kappa shape index (κ3) is 7.77. The van der Waals surface area contributed by atoms with Crippen molar-refractivity contribution in [1.29, 1.82) is 0 Å². The van der Waals surface area contributed by atoms with E-state index in [1.807, 2.05) is 60.7 Å². The molecule has 8 nitrogen and oxygen atoms in total. The molecule has 2 heterocycles. The minimum Gasteiger partial charge on any atom is -0.445 e. The number of benzene rings is 2. The molecule has 2 N–H and O–H groups in total. The molecule has 6 rings (SSSR count). The largest absolute Gasteiger partial charge is 0.445 e. The first-order valence-electron chi connectivity index (χ1n) is 17.9. The Bertz CT molecular complexity index is 1600. The Hall–Kier alpha value is -4.12. The summed E-state index contributed by atoms with van der Waals surface area (Å²) < 4.78 is 45.3. The number of ether oxygens (including phenoxy) is 1. The van der Waals surface area contributed by atoms with Gasteiger partial charge in [0.15, 0.2) is 0 Å². The van der Waals surface area contributed by atoms with Crippen LogP contribution in [0, 0.1) is 5.92 Å². The minimum atomic E-state index is -4.50. The summed E-state index contributed by atoms with van der Waals surface area (Å²) in [6, 6.07) is 16.6. The van der Waals surface area contributed by atoms with E-state index in [1.54, 1.807) is 0 Å². The van der Waals surface area contributed by atoms with Gasteiger partial charge in [-0.25, -0.2) is 4.79 Å². The highest BCUT2D eigenvalue weighted by Crippen LogP contribution is 2.54. The lowest BCUT2D eigenvalue weighted by Crippen LogP contribution is -2.51. The van der Waals surface area contributed by atoms with Crippen LogP contribution in [0.1, 0.15) is 75.0 Å². The van der Waals surface area contributed by atoms with Gasteiger partial charge in [-0.1, -0.05) is 80.1 Å². The predicted molar refractivity (Wildman–Crippen MR) is 185 cm³/mol. The number of nitrogens with one attached hydrogen (secondary N) is 2. The zero-order valence-corrected chi connectivity index (χ0v) is 28.6. The summed E-state index contributed by atoms with van der Waals surface area (Å²) in [6.07, 6.45) is 4.72. The summed E-state index contributed by atoms with van der Waals surface area (Å²) >= 11 is 0. The van der Waals surface area contributed by atoms with E-state index >= 15 is 0 Å². The van der Waals surface area contributed by atoms with Gasteiger partial charge >= 0.3 is 12.3 Å². The van der Waals surface area contributed by atoms with Crippen molar-refractivity contribution in [3.63, 3.8) is 0 Å². The number of piperidine rings is 1. The van der Waals surface area contributed by atoms with Crippen molar-refractivity contribution in [3.8, 4) is 0 Å². The number of rotatable bonds is 11. The number of unbranched alkanes of at least 4 members (excludes halogenated alkanes) is 1. The van der Waals surface area contributed by atoms with Crippen LogP contribution >= 0.6 is 0 Å². The average Bonchev–Trinajstić information content (AvgIpc) is 3.72. The zero-order valence-electron chi connectivity index (χ0n) is 28.6. The van der Waals surface area contributed by atoms with Crippen molar-refractivity contribution in [2.45, 2.75) is 88.6 Å². The quantitative estimate of drug-likeness (QED) is 0.262. The molecule has 3 atom stereocenters. The van der Waals surface area contributed by atoms with E-state index in [0.717, 1.165) is 79.6 Å². The standard InChI is InChI=1S/C39H47F3N4O4/c1-27-11-9-15-31-30-14-5-6-16-32(30)38(34(27)31,36(48)43-26-39(40,41)42)20-7-8-21-45-23-18-29(19-24-45)44-35(47)33-17-10-22-46(33)37(49)50-25-28-12-3-2-4-13-28/h2-6,9,12-16,27,29,33H,7-8,10-11,17-26H2,1H3,(H,43,48)(H,44,47)/t27?,33-,38?/m0/s1. The molecular weight excluding hydrogens is 645 g/mol. The summed E-state index contributed by atoms with van der Waals surface area (Å²) in [4.78, 5) is 43.8. The normalized spacial score (nSPS) is 23.8. The Balaban J connectivity index is 1.01. The molecule has 50 heavy (non-hydrogen) atoms. The molecule has 2 unspecified atom stereocenters. The van der Waals surface area contributed by atoms with E-state index in [1.165, 1.54) is 4.90 Å². The van der Waals surface area contributed by atoms with Gasteiger partial charge in [-0.3, -0.25) is 14.5 Å². The monoisotopic (exact) mass is 692 g/mol. The molecule has 2 aliphatic heterocycles. The first-order chi connectivity index (χ1) is 24.1. The average molecular weight is 693 g/mol. The van der Waals surface area contributed by atoms with E-state index in [0.29, 0.717) is 25.8 Å². The van der Waals surface area contributed by atoms with E-state index < -0.39 is 36.2 Å². The van der Waals surface area contributed by atoms with Gasteiger partial charge in [-0.05, 0) is 85.2 Å². The Labute approximate surface area is 292 Å². The van der Waals surface area contributed by atoms with Crippen molar-refractivity contribution in [1.82, 2.24) is 20.4 Å². The number of likely N-dealkylation sites (tertiary alicyclic amines) is 2. The minimum absolute atomic E-state index is 0.0170. The van der Waals surface area contributed by atoms with Gasteiger partial charge in [0.05, 0.1) is 5.41 Å². The number of alkyl halides is 3. The van der Waals surface area contributed by atoms with Gasteiger partial charge in [0, 0.05) is 25.7 Å².